The Morgan fingerprint density at radius 1 is 0.854 bits per heavy atom. The number of imidazole rings is 1. The average Bonchev–Trinajstić information content (AvgIpc) is 3.41. The van der Waals surface area contributed by atoms with Crippen molar-refractivity contribution in [1.29, 1.82) is 0 Å². The van der Waals surface area contributed by atoms with E-state index in [-0.39, 0.29) is 16.9 Å². The van der Waals surface area contributed by atoms with Gasteiger partial charge in [-0.1, -0.05) is 54.6 Å². The Labute approximate surface area is 234 Å². The minimum Gasteiger partial charge on any atom is -0.473 e. The van der Waals surface area contributed by atoms with Crippen molar-refractivity contribution in [3.05, 3.63) is 127 Å². The lowest BCUT2D eigenvalue weighted by Gasteiger charge is -2.14. The minimum atomic E-state index is -0.654. The van der Waals surface area contributed by atoms with Crippen LogP contribution in [-0.2, 0) is 11.4 Å². The number of rotatable bonds is 7. The summed E-state index contributed by atoms with van der Waals surface area (Å²) in [4.78, 5) is 20.7. The molecule has 6 nitrogen and oxygen atoms in total. The van der Waals surface area contributed by atoms with Gasteiger partial charge in [-0.25, -0.2) is 18.7 Å². The van der Waals surface area contributed by atoms with Gasteiger partial charge in [-0.2, -0.15) is 0 Å². The highest BCUT2D eigenvalue weighted by atomic mass is 19.1. The van der Waals surface area contributed by atoms with Crippen molar-refractivity contribution >= 4 is 22.6 Å². The number of nitrogens with one attached hydrogen (secondary N) is 1. The molecule has 0 aliphatic rings. The van der Waals surface area contributed by atoms with Crippen molar-refractivity contribution < 1.29 is 18.3 Å². The molecule has 8 heteroatoms. The molecule has 0 fully saturated rings. The number of hydrogen-bond donors (Lipinski definition) is 1. The largest absolute Gasteiger partial charge is 0.473 e. The zero-order valence-electron chi connectivity index (χ0n) is 22.0. The first-order valence-corrected chi connectivity index (χ1v) is 12.9. The summed E-state index contributed by atoms with van der Waals surface area (Å²) in [5, 5.41) is 2.52. The van der Waals surface area contributed by atoms with Crippen LogP contribution in [-0.4, -0.2) is 20.4 Å². The quantitative estimate of drug-likeness (QED) is 0.224. The predicted molar refractivity (Wildman–Crippen MR) is 155 cm³/mol. The van der Waals surface area contributed by atoms with Crippen molar-refractivity contribution in [2.24, 2.45) is 0 Å². The standard InChI is InChI=1S/C33H24F2N4O2/c1-21(40)38-29-16-25(26-9-5-6-10-27(26)34)17-31(33(29)35)39-20-37-28-15-23(11-13-30(28)39)24-12-14-32(36-18-24)41-19-22-7-3-2-4-8-22/h2-18,20H,19H2,1H3,(H,38,40). The number of pyridine rings is 1. The number of halogens is 2. The predicted octanol–water partition coefficient (Wildman–Crippen LogP) is 7.57. The Morgan fingerprint density at radius 2 is 1.63 bits per heavy atom. The lowest BCUT2D eigenvalue weighted by molar-refractivity contribution is -0.114. The molecule has 202 valence electrons. The van der Waals surface area contributed by atoms with E-state index in [0.29, 0.717) is 29.1 Å². The average molecular weight is 547 g/mol. The van der Waals surface area contributed by atoms with Gasteiger partial charge in [-0.15, -0.1) is 0 Å². The van der Waals surface area contributed by atoms with Gasteiger partial charge in [0, 0.05) is 30.3 Å². The summed E-state index contributed by atoms with van der Waals surface area (Å²) in [7, 11) is 0. The lowest BCUT2D eigenvalue weighted by atomic mass is 10.0. The van der Waals surface area contributed by atoms with Crippen LogP contribution in [0.25, 0.3) is 39.0 Å². The molecule has 1 amide bonds. The summed E-state index contributed by atoms with van der Waals surface area (Å²) < 4.78 is 37.7. The first-order chi connectivity index (χ1) is 20.0. The van der Waals surface area contributed by atoms with E-state index < -0.39 is 17.5 Å². The number of anilines is 1. The van der Waals surface area contributed by atoms with Crippen LogP contribution in [0.2, 0.25) is 0 Å². The van der Waals surface area contributed by atoms with E-state index >= 15 is 4.39 Å². The van der Waals surface area contributed by atoms with E-state index in [9.17, 15) is 9.18 Å². The molecule has 4 aromatic carbocycles. The summed E-state index contributed by atoms with van der Waals surface area (Å²) in [5.74, 6) is -1.03. The van der Waals surface area contributed by atoms with Gasteiger partial charge in [0.1, 0.15) is 18.8 Å². The molecule has 0 aliphatic carbocycles. The normalized spacial score (nSPS) is 11.0. The number of aromatic nitrogens is 3. The molecule has 0 unspecified atom stereocenters. The molecule has 41 heavy (non-hydrogen) atoms. The minimum absolute atomic E-state index is 0.0487. The second kappa shape index (κ2) is 11.0. The van der Waals surface area contributed by atoms with Gasteiger partial charge >= 0.3 is 0 Å². The zero-order chi connectivity index (χ0) is 28.3. The summed E-state index contributed by atoms with van der Waals surface area (Å²) in [6.45, 7) is 1.72. The summed E-state index contributed by atoms with van der Waals surface area (Å²) in [5.41, 5.74) is 4.86. The second-order valence-corrected chi connectivity index (χ2v) is 9.50. The SMILES string of the molecule is CC(=O)Nc1cc(-c2ccccc2F)cc(-n2cnc3cc(-c4ccc(OCc5ccccc5)nc4)ccc32)c1F. The van der Waals surface area contributed by atoms with E-state index in [1.54, 1.807) is 35.0 Å². The molecule has 6 rings (SSSR count). The molecule has 0 saturated carbocycles. The smallest absolute Gasteiger partial charge is 0.221 e. The van der Waals surface area contributed by atoms with Gasteiger partial charge in [0.25, 0.3) is 0 Å². The maximum atomic E-state index is 15.7. The number of hydrogen-bond acceptors (Lipinski definition) is 4. The molecular formula is C33H24F2N4O2. The fraction of sp³-hybridized carbons (Fsp3) is 0.0606. The second-order valence-electron chi connectivity index (χ2n) is 9.50. The van der Waals surface area contributed by atoms with Crippen LogP contribution >= 0.6 is 0 Å². The molecule has 2 aromatic heterocycles. The van der Waals surface area contributed by atoms with Crippen molar-refractivity contribution in [1.82, 2.24) is 14.5 Å². The molecule has 0 atom stereocenters. The summed E-state index contributed by atoms with van der Waals surface area (Å²) in [6.07, 6.45) is 3.24. The third-order valence-corrected chi connectivity index (χ3v) is 6.65. The molecule has 0 saturated heterocycles. The fourth-order valence-electron chi connectivity index (χ4n) is 4.67. The Bertz CT molecular complexity index is 1870. The van der Waals surface area contributed by atoms with Crippen LogP contribution in [0.15, 0.2) is 110 Å². The Balaban J connectivity index is 1.33. The van der Waals surface area contributed by atoms with Gasteiger partial charge in [-0.3, -0.25) is 9.36 Å². The van der Waals surface area contributed by atoms with Crippen LogP contribution in [0.5, 0.6) is 5.88 Å². The zero-order valence-corrected chi connectivity index (χ0v) is 22.0. The lowest BCUT2D eigenvalue weighted by Crippen LogP contribution is -2.10. The first-order valence-electron chi connectivity index (χ1n) is 12.9. The van der Waals surface area contributed by atoms with Crippen LogP contribution in [0.1, 0.15) is 12.5 Å². The number of carbonyl (C=O) groups excluding carboxylic acids is 1. The number of nitrogens with zero attached hydrogens (tertiary/aromatic N) is 3. The molecule has 0 radical (unpaired) electrons. The number of carbonyl (C=O) groups is 1. The Morgan fingerprint density at radius 3 is 2.39 bits per heavy atom. The number of benzene rings is 4. The summed E-state index contributed by atoms with van der Waals surface area (Å²) in [6, 6.07) is 28.4. The van der Waals surface area contributed by atoms with Crippen molar-refractivity contribution in [2.75, 3.05) is 5.32 Å². The van der Waals surface area contributed by atoms with Gasteiger partial charge < -0.3 is 10.1 Å². The van der Waals surface area contributed by atoms with Crippen LogP contribution in [0, 0.1) is 11.6 Å². The monoisotopic (exact) mass is 546 g/mol. The van der Waals surface area contributed by atoms with Crippen LogP contribution < -0.4 is 10.1 Å². The molecule has 0 bridgehead atoms. The van der Waals surface area contributed by atoms with E-state index in [2.05, 4.69) is 15.3 Å². The number of fused-ring (bicyclic) bond motifs is 1. The maximum Gasteiger partial charge on any atom is 0.221 e. The number of ether oxygens (including phenoxy) is 1. The van der Waals surface area contributed by atoms with Gasteiger partial charge in [0.15, 0.2) is 5.82 Å². The number of amides is 1. The third-order valence-electron chi connectivity index (χ3n) is 6.65. The van der Waals surface area contributed by atoms with Crippen molar-refractivity contribution in [3.8, 4) is 33.8 Å². The van der Waals surface area contributed by atoms with Crippen molar-refractivity contribution in [3.63, 3.8) is 0 Å². The van der Waals surface area contributed by atoms with Gasteiger partial charge in [0.2, 0.25) is 11.8 Å². The maximum absolute atomic E-state index is 15.7. The molecule has 0 aliphatic heterocycles. The Hall–Kier alpha value is -5.37. The molecule has 2 heterocycles. The highest BCUT2D eigenvalue weighted by Gasteiger charge is 2.18. The highest BCUT2D eigenvalue weighted by molar-refractivity contribution is 5.91. The third kappa shape index (κ3) is 5.40. The van der Waals surface area contributed by atoms with Gasteiger partial charge in [-0.05, 0) is 53.1 Å². The van der Waals surface area contributed by atoms with Crippen LogP contribution in [0.3, 0.4) is 0 Å². The Kier molecular flexibility index (Phi) is 6.95. The first kappa shape index (κ1) is 25.9. The molecular weight excluding hydrogens is 522 g/mol. The van der Waals surface area contributed by atoms with E-state index in [1.807, 2.05) is 60.7 Å². The van der Waals surface area contributed by atoms with E-state index in [0.717, 1.165) is 16.7 Å². The fourth-order valence-corrected chi connectivity index (χ4v) is 4.67. The van der Waals surface area contributed by atoms with Crippen molar-refractivity contribution in [2.45, 2.75) is 13.5 Å². The van der Waals surface area contributed by atoms with Crippen LogP contribution in [0.4, 0.5) is 14.5 Å². The molecule has 0 spiro atoms. The van der Waals surface area contributed by atoms with Gasteiger partial charge in [0.05, 0.1) is 22.4 Å². The summed E-state index contributed by atoms with van der Waals surface area (Å²) >= 11 is 0. The highest BCUT2D eigenvalue weighted by Crippen LogP contribution is 2.34. The topological polar surface area (TPSA) is 69.0 Å². The molecule has 6 aromatic rings. The van der Waals surface area contributed by atoms with E-state index in [1.165, 1.54) is 25.4 Å². The molecule has 1 N–H and O–H groups in total. The van der Waals surface area contributed by atoms with E-state index in [4.69, 9.17) is 4.74 Å².